The van der Waals surface area contributed by atoms with Crippen LogP contribution >= 0.6 is 15.9 Å². The molecule has 0 radical (unpaired) electrons. The highest BCUT2D eigenvalue weighted by Crippen LogP contribution is 2.43. The van der Waals surface area contributed by atoms with Gasteiger partial charge in [0.2, 0.25) is 0 Å². The van der Waals surface area contributed by atoms with E-state index in [1.54, 1.807) is 12.1 Å². The van der Waals surface area contributed by atoms with Crippen LogP contribution in [-0.4, -0.2) is 11.5 Å². The topological polar surface area (TPSA) is 55.2 Å². The minimum absolute atomic E-state index is 0.141. The van der Waals surface area contributed by atoms with Crippen LogP contribution in [0.1, 0.15) is 46.0 Å². The largest absolute Gasteiger partial charge is 0.379 e. The molecule has 2 rings (SSSR count). The molecule has 0 heterocycles. The van der Waals surface area contributed by atoms with Crippen molar-refractivity contribution < 1.29 is 4.92 Å². The van der Waals surface area contributed by atoms with Crippen molar-refractivity contribution in [3.8, 4) is 0 Å². The molecule has 116 valence electrons. The van der Waals surface area contributed by atoms with E-state index in [1.807, 2.05) is 6.07 Å². The molecular weight excluding hydrogens is 332 g/mol. The van der Waals surface area contributed by atoms with E-state index in [4.69, 9.17) is 0 Å². The summed E-state index contributed by atoms with van der Waals surface area (Å²) in [6.45, 7) is 5.33. The zero-order valence-electron chi connectivity index (χ0n) is 12.7. The van der Waals surface area contributed by atoms with E-state index in [9.17, 15) is 10.1 Å². The fourth-order valence-corrected chi connectivity index (χ4v) is 3.88. The number of halogens is 1. The lowest BCUT2D eigenvalue weighted by Gasteiger charge is -2.31. The van der Waals surface area contributed by atoms with Gasteiger partial charge in [-0.15, -0.1) is 0 Å². The highest BCUT2D eigenvalue weighted by molar-refractivity contribution is 9.10. The first-order valence-corrected chi connectivity index (χ1v) is 8.39. The smallest absolute Gasteiger partial charge is 0.293 e. The number of benzene rings is 1. The first-order chi connectivity index (χ1) is 9.92. The maximum atomic E-state index is 11.2. The maximum Gasteiger partial charge on any atom is 0.293 e. The van der Waals surface area contributed by atoms with Crippen LogP contribution in [0.15, 0.2) is 22.7 Å². The van der Waals surface area contributed by atoms with Crippen LogP contribution < -0.4 is 5.32 Å². The number of nitrogens with one attached hydrogen (secondary N) is 1. The van der Waals surface area contributed by atoms with Crippen molar-refractivity contribution in [1.82, 2.24) is 0 Å². The summed E-state index contributed by atoms with van der Waals surface area (Å²) in [6.07, 6.45) is 6.18. The third-order valence-electron chi connectivity index (χ3n) is 4.32. The van der Waals surface area contributed by atoms with Gasteiger partial charge in [0, 0.05) is 17.1 Å². The van der Waals surface area contributed by atoms with Crippen molar-refractivity contribution in [3.63, 3.8) is 0 Å². The van der Waals surface area contributed by atoms with Crippen LogP contribution in [0.25, 0.3) is 0 Å². The van der Waals surface area contributed by atoms with Gasteiger partial charge in [-0.3, -0.25) is 10.1 Å². The molecule has 0 bridgehead atoms. The molecule has 1 aliphatic carbocycles. The van der Waals surface area contributed by atoms with Gasteiger partial charge in [0.05, 0.1) is 4.92 Å². The Hall–Kier alpha value is -1.10. The van der Waals surface area contributed by atoms with Gasteiger partial charge in [-0.2, -0.15) is 0 Å². The summed E-state index contributed by atoms with van der Waals surface area (Å²) in [5, 5.41) is 14.5. The normalized spacial score (nSPS) is 17.1. The molecule has 21 heavy (non-hydrogen) atoms. The predicted octanol–water partition coefficient (Wildman–Crippen LogP) is 5.38. The first kappa shape index (κ1) is 16.3. The zero-order chi connectivity index (χ0) is 15.5. The van der Waals surface area contributed by atoms with E-state index in [0.717, 1.165) is 11.0 Å². The number of anilines is 1. The first-order valence-electron chi connectivity index (χ1n) is 7.60. The second-order valence-corrected chi connectivity index (χ2v) is 7.49. The predicted molar refractivity (Wildman–Crippen MR) is 89.6 cm³/mol. The Morgan fingerprint density at radius 3 is 2.62 bits per heavy atom. The van der Waals surface area contributed by atoms with Crippen molar-refractivity contribution in [2.24, 2.45) is 11.3 Å². The molecule has 4 nitrogen and oxygen atoms in total. The lowest BCUT2D eigenvalue weighted by Crippen LogP contribution is -2.28. The molecule has 1 N–H and O–H groups in total. The van der Waals surface area contributed by atoms with Crippen molar-refractivity contribution >= 4 is 27.3 Å². The molecule has 0 unspecified atom stereocenters. The van der Waals surface area contributed by atoms with Gasteiger partial charge in [-0.05, 0) is 42.7 Å². The van der Waals surface area contributed by atoms with Gasteiger partial charge in [-0.1, -0.05) is 42.6 Å². The van der Waals surface area contributed by atoms with Crippen molar-refractivity contribution in [3.05, 3.63) is 32.8 Å². The molecule has 0 aliphatic heterocycles. The van der Waals surface area contributed by atoms with Crippen LogP contribution in [0.4, 0.5) is 11.4 Å². The second kappa shape index (κ2) is 6.77. The molecule has 0 saturated heterocycles. The maximum absolute atomic E-state index is 11.2. The average Bonchev–Trinajstić information content (AvgIpc) is 2.85. The summed E-state index contributed by atoms with van der Waals surface area (Å²) in [4.78, 5) is 10.8. The summed E-state index contributed by atoms with van der Waals surface area (Å²) >= 11 is 3.29. The second-order valence-electron chi connectivity index (χ2n) is 6.58. The van der Waals surface area contributed by atoms with E-state index in [2.05, 4.69) is 35.1 Å². The van der Waals surface area contributed by atoms with Gasteiger partial charge < -0.3 is 5.32 Å². The van der Waals surface area contributed by atoms with Gasteiger partial charge in [-0.25, -0.2) is 0 Å². The fraction of sp³-hybridized carbons (Fsp3) is 0.625. The van der Waals surface area contributed by atoms with E-state index in [-0.39, 0.29) is 10.6 Å². The summed E-state index contributed by atoms with van der Waals surface area (Å²) in [6, 6.07) is 5.20. The summed E-state index contributed by atoms with van der Waals surface area (Å²) in [5.41, 5.74) is 1.06. The van der Waals surface area contributed by atoms with E-state index in [0.29, 0.717) is 17.0 Å². The van der Waals surface area contributed by atoms with Gasteiger partial charge in [0.1, 0.15) is 5.69 Å². The Balaban J connectivity index is 2.12. The fourth-order valence-electron chi connectivity index (χ4n) is 3.53. The quantitative estimate of drug-likeness (QED) is 0.551. The van der Waals surface area contributed by atoms with Gasteiger partial charge >= 0.3 is 0 Å². The Bertz CT molecular complexity index is 511. The van der Waals surface area contributed by atoms with Crippen LogP contribution in [-0.2, 0) is 0 Å². The third-order valence-corrected chi connectivity index (χ3v) is 4.81. The lowest BCUT2D eigenvalue weighted by atomic mass is 9.78. The van der Waals surface area contributed by atoms with E-state index >= 15 is 0 Å². The molecule has 0 atom stereocenters. The molecule has 0 spiro atoms. The van der Waals surface area contributed by atoms with E-state index < -0.39 is 0 Å². The molecule has 1 aliphatic rings. The molecule has 1 aromatic rings. The SMILES string of the molecule is CC(C)CC1(CNc2ccc(Br)cc2[N+](=O)[O-])CCCC1. The Kier molecular flexibility index (Phi) is 5.25. The monoisotopic (exact) mass is 354 g/mol. The number of hydrogen-bond donors (Lipinski definition) is 1. The standard InChI is InChI=1S/C16H23BrN2O2/c1-12(2)10-16(7-3-4-8-16)11-18-14-6-5-13(17)9-15(14)19(20)21/h5-6,9,12,18H,3-4,7-8,10-11H2,1-2H3. The lowest BCUT2D eigenvalue weighted by molar-refractivity contribution is -0.384. The number of hydrogen-bond acceptors (Lipinski definition) is 3. The zero-order valence-corrected chi connectivity index (χ0v) is 14.3. The van der Waals surface area contributed by atoms with Crippen molar-refractivity contribution in [2.45, 2.75) is 46.0 Å². The number of nitrogens with zero attached hydrogens (tertiary/aromatic N) is 1. The summed E-state index contributed by atoms with van der Waals surface area (Å²) < 4.78 is 0.734. The molecule has 1 aromatic carbocycles. The van der Waals surface area contributed by atoms with Crippen LogP contribution in [0.5, 0.6) is 0 Å². The van der Waals surface area contributed by atoms with E-state index in [1.165, 1.54) is 32.1 Å². The van der Waals surface area contributed by atoms with Gasteiger partial charge in [0.25, 0.3) is 5.69 Å². The van der Waals surface area contributed by atoms with Gasteiger partial charge in [0.15, 0.2) is 0 Å². The molecule has 1 saturated carbocycles. The number of nitro benzene ring substituents is 1. The molecule has 0 amide bonds. The molecule has 0 aromatic heterocycles. The molecule has 1 fully saturated rings. The van der Waals surface area contributed by atoms with Crippen LogP contribution in [0.3, 0.4) is 0 Å². The van der Waals surface area contributed by atoms with Crippen molar-refractivity contribution in [1.29, 1.82) is 0 Å². The minimum Gasteiger partial charge on any atom is -0.379 e. The third kappa shape index (κ3) is 4.19. The Labute approximate surface area is 134 Å². The Morgan fingerprint density at radius 1 is 1.38 bits per heavy atom. The summed E-state index contributed by atoms with van der Waals surface area (Å²) in [5.74, 6) is 0.657. The number of nitro groups is 1. The average molecular weight is 355 g/mol. The molecule has 5 heteroatoms. The van der Waals surface area contributed by atoms with Crippen molar-refractivity contribution in [2.75, 3.05) is 11.9 Å². The molecular formula is C16H23BrN2O2. The highest BCUT2D eigenvalue weighted by Gasteiger charge is 2.34. The highest BCUT2D eigenvalue weighted by atomic mass is 79.9. The minimum atomic E-state index is -0.323. The Morgan fingerprint density at radius 2 is 2.05 bits per heavy atom. The van der Waals surface area contributed by atoms with Crippen LogP contribution in [0, 0.1) is 21.4 Å². The number of rotatable bonds is 6. The summed E-state index contributed by atoms with van der Waals surface area (Å²) in [7, 11) is 0. The van der Waals surface area contributed by atoms with Crippen LogP contribution in [0.2, 0.25) is 0 Å².